The van der Waals surface area contributed by atoms with Gasteiger partial charge < -0.3 is 18.7 Å². The number of hydrogen-bond donors (Lipinski definition) is 1. The quantitative estimate of drug-likeness (QED) is 0.251. The van der Waals surface area contributed by atoms with Crippen LogP contribution in [-0.2, 0) is 0 Å². The fourth-order valence-corrected chi connectivity index (χ4v) is 6.06. The van der Waals surface area contributed by atoms with E-state index in [9.17, 15) is 5.02 Å². The summed E-state index contributed by atoms with van der Waals surface area (Å²) < 4.78 is 13.7. The van der Waals surface area contributed by atoms with Gasteiger partial charge in [-0.1, -0.05) is 42.0 Å². The Labute approximate surface area is 221 Å². The van der Waals surface area contributed by atoms with Gasteiger partial charge in [0.05, 0.1) is 11.0 Å². The molecule has 0 atom stereocenters. The van der Waals surface area contributed by atoms with Gasteiger partial charge >= 0.3 is 7.69 Å². The van der Waals surface area contributed by atoms with Gasteiger partial charge in [-0.2, -0.15) is 0 Å². The van der Waals surface area contributed by atoms with Crippen LogP contribution in [0.2, 0.25) is 0 Å². The molecule has 0 aliphatic rings. The molecule has 5 heteroatoms. The zero-order valence-electron chi connectivity index (χ0n) is 21.4. The van der Waals surface area contributed by atoms with Crippen molar-refractivity contribution in [3.8, 4) is 22.6 Å². The fraction of sp³-hybridized carbons (Fsp3) is 0.0909. The molecule has 2 aromatic heterocycles. The first-order valence-corrected chi connectivity index (χ1v) is 12.7. The van der Waals surface area contributed by atoms with Crippen molar-refractivity contribution in [1.29, 1.82) is 0 Å². The van der Waals surface area contributed by atoms with Crippen molar-refractivity contribution >= 4 is 51.4 Å². The molecule has 0 saturated heterocycles. The molecule has 0 aliphatic heterocycles. The van der Waals surface area contributed by atoms with Crippen molar-refractivity contribution < 1.29 is 14.1 Å². The summed E-state index contributed by atoms with van der Waals surface area (Å²) in [6.07, 6.45) is 0. The Balaban J connectivity index is 1.52. The Morgan fingerprint density at radius 2 is 1.39 bits per heavy atom. The first kappa shape index (κ1) is 22.7. The maximum Gasteiger partial charge on any atom is 0.569 e. The number of aromatic nitrogens is 1. The molecule has 7 aromatic rings. The molecule has 5 aromatic carbocycles. The molecule has 183 valence electrons. The Morgan fingerprint density at radius 3 is 2.18 bits per heavy atom. The predicted molar refractivity (Wildman–Crippen MR) is 156 cm³/mol. The minimum absolute atomic E-state index is 0.587. The van der Waals surface area contributed by atoms with Crippen molar-refractivity contribution in [1.82, 2.24) is 4.57 Å². The van der Waals surface area contributed by atoms with E-state index < -0.39 is 0 Å². The number of fused-ring (bicyclic) bond motifs is 6. The highest BCUT2D eigenvalue weighted by atomic mass is 16.5. The third kappa shape index (κ3) is 3.43. The average Bonchev–Trinajstić information content (AvgIpc) is 3.43. The van der Waals surface area contributed by atoms with Crippen LogP contribution in [0.4, 0.5) is 0 Å². The summed E-state index contributed by atoms with van der Waals surface area (Å²) in [7, 11) is 0.725. The second kappa shape index (κ2) is 8.54. The van der Waals surface area contributed by atoms with Crippen LogP contribution >= 0.6 is 0 Å². The first-order valence-electron chi connectivity index (χ1n) is 12.7. The molecule has 0 bridgehead atoms. The Bertz CT molecular complexity index is 2010. The van der Waals surface area contributed by atoms with E-state index in [1.54, 1.807) is 0 Å². The zero-order chi connectivity index (χ0) is 26.0. The first-order chi connectivity index (χ1) is 18.5. The van der Waals surface area contributed by atoms with E-state index in [1.807, 2.05) is 42.5 Å². The molecule has 0 spiro atoms. The summed E-state index contributed by atoms with van der Waals surface area (Å²) in [4.78, 5) is 0. The van der Waals surface area contributed by atoms with Gasteiger partial charge in [-0.05, 0) is 97.6 Å². The maximum atomic E-state index is 9.27. The highest BCUT2D eigenvalue weighted by Gasteiger charge is 2.17. The second-order valence-corrected chi connectivity index (χ2v) is 10.0. The van der Waals surface area contributed by atoms with Crippen molar-refractivity contribution in [3.63, 3.8) is 0 Å². The lowest BCUT2D eigenvalue weighted by atomic mass is 9.93. The van der Waals surface area contributed by atoms with Gasteiger partial charge in [0.25, 0.3) is 0 Å². The monoisotopic (exact) mass is 494 g/mol. The molecule has 1 radical (unpaired) electrons. The lowest BCUT2D eigenvalue weighted by Crippen LogP contribution is -1.99. The third-order valence-electron chi connectivity index (χ3n) is 7.51. The number of aryl methyl sites for hydroxylation is 3. The van der Waals surface area contributed by atoms with E-state index >= 15 is 0 Å². The molecule has 0 fully saturated rings. The zero-order valence-corrected chi connectivity index (χ0v) is 21.4. The normalized spacial score (nSPS) is 11.7. The molecule has 7 rings (SSSR count). The van der Waals surface area contributed by atoms with Crippen LogP contribution in [0.3, 0.4) is 0 Å². The smallest absolute Gasteiger partial charge is 0.537 e. The molecule has 1 N–H and O–H groups in total. The van der Waals surface area contributed by atoms with E-state index in [2.05, 4.69) is 73.9 Å². The van der Waals surface area contributed by atoms with Gasteiger partial charge in [-0.15, -0.1) is 0 Å². The molecular formula is C33H25BNO3. The lowest BCUT2D eigenvalue weighted by molar-refractivity contribution is 0.454. The minimum Gasteiger partial charge on any atom is -0.537 e. The number of rotatable bonds is 4. The van der Waals surface area contributed by atoms with E-state index in [4.69, 9.17) is 9.07 Å². The lowest BCUT2D eigenvalue weighted by Gasteiger charge is -2.13. The molecule has 38 heavy (non-hydrogen) atoms. The van der Waals surface area contributed by atoms with Gasteiger partial charge in [0.15, 0.2) is 0 Å². The van der Waals surface area contributed by atoms with Gasteiger partial charge in [0, 0.05) is 27.2 Å². The molecule has 0 amide bonds. The molecule has 2 heterocycles. The number of nitrogens with zero attached hydrogens (tertiary/aromatic N) is 1. The van der Waals surface area contributed by atoms with E-state index in [0.29, 0.717) is 5.75 Å². The standard InChI is InChI=1S/C33H25BNO3/c1-19-14-20(2)33(21(3)15-19)22-8-11-29-26(16-22)27-18-24(38-34-36)10-12-30(27)35(29)23-9-13-32-28(17-23)25-6-4-5-7-31(25)37-32/h4-18,36H,1-3H3. The fourth-order valence-electron chi connectivity index (χ4n) is 6.06. The van der Waals surface area contributed by atoms with Crippen molar-refractivity contribution in [2.24, 2.45) is 0 Å². The summed E-state index contributed by atoms with van der Waals surface area (Å²) in [5, 5.41) is 13.6. The van der Waals surface area contributed by atoms with Crippen molar-refractivity contribution in [2.45, 2.75) is 20.8 Å². The van der Waals surface area contributed by atoms with Crippen LogP contribution in [0, 0.1) is 20.8 Å². The van der Waals surface area contributed by atoms with Crippen LogP contribution < -0.4 is 4.65 Å². The summed E-state index contributed by atoms with van der Waals surface area (Å²) in [5.41, 5.74) is 11.2. The van der Waals surface area contributed by atoms with Gasteiger partial charge in [-0.25, -0.2) is 0 Å². The largest absolute Gasteiger partial charge is 0.569 e. The van der Waals surface area contributed by atoms with Crippen LogP contribution in [0.5, 0.6) is 5.75 Å². The van der Waals surface area contributed by atoms with E-state index in [0.717, 1.165) is 57.1 Å². The predicted octanol–water partition coefficient (Wildman–Crippen LogP) is 8.18. The summed E-state index contributed by atoms with van der Waals surface area (Å²) in [5.74, 6) is 0.587. The van der Waals surface area contributed by atoms with Crippen LogP contribution in [0.25, 0.3) is 60.6 Å². The molecule has 0 unspecified atom stereocenters. The maximum absolute atomic E-state index is 9.27. The molecular weight excluding hydrogens is 469 g/mol. The number of hydrogen-bond acceptors (Lipinski definition) is 3. The third-order valence-corrected chi connectivity index (χ3v) is 7.51. The highest BCUT2D eigenvalue weighted by molar-refractivity contribution is 6.18. The molecule has 0 aliphatic carbocycles. The Morgan fingerprint density at radius 1 is 0.684 bits per heavy atom. The van der Waals surface area contributed by atoms with Crippen molar-refractivity contribution in [3.05, 3.63) is 108 Å². The van der Waals surface area contributed by atoms with Gasteiger partial charge in [0.1, 0.15) is 16.9 Å². The number of furan rings is 1. The van der Waals surface area contributed by atoms with Crippen LogP contribution in [0.1, 0.15) is 16.7 Å². The van der Waals surface area contributed by atoms with E-state index in [1.165, 1.54) is 27.8 Å². The Kier molecular flexibility index (Phi) is 5.10. The SMILES string of the molecule is Cc1cc(C)c(-c2ccc3c(c2)c2cc(O[B]O)ccc2n3-c2ccc3oc4ccccc4c3c2)c(C)c1. The minimum atomic E-state index is 0.587. The Hall–Kier alpha value is -4.48. The molecule has 0 saturated carbocycles. The van der Waals surface area contributed by atoms with Crippen LogP contribution in [-0.4, -0.2) is 17.3 Å². The second-order valence-electron chi connectivity index (χ2n) is 10.0. The van der Waals surface area contributed by atoms with Crippen molar-refractivity contribution in [2.75, 3.05) is 0 Å². The summed E-state index contributed by atoms with van der Waals surface area (Å²) in [6, 6.07) is 31.6. The highest BCUT2D eigenvalue weighted by Crippen LogP contribution is 2.39. The van der Waals surface area contributed by atoms with Crippen LogP contribution in [0.15, 0.2) is 95.4 Å². The molecule has 4 nitrogen and oxygen atoms in total. The summed E-state index contributed by atoms with van der Waals surface area (Å²) in [6.45, 7) is 6.49. The topological polar surface area (TPSA) is 47.5 Å². The average molecular weight is 494 g/mol. The summed E-state index contributed by atoms with van der Waals surface area (Å²) >= 11 is 0. The van der Waals surface area contributed by atoms with E-state index in [-0.39, 0.29) is 0 Å². The number of para-hydroxylation sites is 1. The van der Waals surface area contributed by atoms with Gasteiger partial charge in [-0.3, -0.25) is 0 Å². The number of benzene rings is 5. The van der Waals surface area contributed by atoms with Gasteiger partial charge in [0.2, 0.25) is 0 Å².